The van der Waals surface area contributed by atoms with Crippen molar-refractivity contribution in [2.75, 3.05) is 7.05 Å². The Balaban J connectivity index is 2.10. The Morgan fingerprint density at radius 1 is 1.00 bits per heavy atom. The first-order valence-corrected chi connectivity index (χ1v) is 6.92. The normalized spacial score (nSPS) is 12.8. The van der Waals surface area contributed by atoms with Gasteiger partial charge in [0.2, 0.25) is 0 Å². The summed E-state index contributed by atoms with van der Waals surface area (Å²) >= 11 is 0. The van der Waals surface area contributed by atoms with E-state index < -0.39 is 0 Å². The third kappa shape index (κ3) is 2.23. The van der Waals surface area contributed by atoms with Gasteiger partial charge in [0, 0.05) is 5.39 Å². The van der Waals surface area contributed by atoms with Crippen molar-refractivity contribution in [1.29, 1.82) is 0 Å². The molecule has 1 atom stereocenters. The predicted octanol–water partition coefficient (Wildman–Crippen LogP) is 4.36. The van der Waals surface area contributed by atoms with Crippen LogP contribution in [0.2, 0.25) is 0 Å². The first kappa shape index (κ1) is 12.9. The molecule has 2 heteroatoms. The van der Waals surface area contributed by atoms with Gasteiger partial charge in [-0.05, 0) is 50.2 Å². The zero-order chi connectivity index (χ0) is 14.1. The van der Waals surface area contributed by atoms with Crippen LogP contribution in [0.5, 0.6) is 0 Å². The zero-order valence-corrected chi connectivity index (χ0v) is 12.1. The van der Waals surface area contributed by atoms with E-state index in [2.05, 4.69) is 61.6 Å². The molecule has 1 N–H and O–H groups in total. The second kappa shape index (κ2) is 5.14. The molecule has 1 heterocycles. The molecule has 1 aromatic heterocycles. The van der Waals surface area contributed by atoms with E-state index in [-0.39, 0.29) is 6.04 Å². The Labute approximate surface area is 119 Å². The molecule has 0 spiro atoms. The summed E-state index contributed by atoms with van der Waals surface area (Å²) in [5.74, 6) is 0.961. The van der Waals surface area contributed by atoms with Crippen LogP contribution in [-0.2, 0) is 0 Å². The van der Waals surface area contributed by atoms with E-state index in [9.17, 15) is 0 Å². The van der Waals surface area contributed by atoms with Crippen molar-refractivity contribution in [3.05, 3.63) is 71.0 Å². The topological polar surface area (TPSA) is 25.2 Å². The minimum atomic E-state index is 0.0870. The lowest BCUT2D eigenvalue weighted by atomic mass is 9.99. The zero-order valence-electron chi connectivity index (χ0n) is 12.1. The summed E-state index contributed by atoms with van der Waals surface area (Å²) in [4.78, 5) is 0. The molecule has 3 aromatic rings. The fourth-order valence-electron chi connectivity index (χ4n) is 2.69. The molecule has 0 saturated carbocycles. The van der Waals surface area contributed by atoms with Crippen molar-refractivity contribution in [3.8, 4) is 0 Å². The number of rotatable bonds is 3. The van der Waals surface area contributed by atoms with Gasteiger partial charge < -0.3 is 9.73 Å². The number of fused-ring (bicyclic) bond motifs is 1. The van der Waals surface area contributed by atoms with Crippen LogP contribution < -0.4 is 5.32 Å². The molecular weight excluding hydrogens is 246 g/mol. The van der Waals surface area contributed by atoms with E-state index in [1.165, 1.54) is 16.7 Å². The van der Waals surface area contributed by atoms with Crippen LogP contribution in [0.4, 0.5) is 0 Å². The molecule has 1 unspecified atom stereocenters. The van der Waals surface area contributed by atoms with Gasteiger partial charge in [-0.2, -0.15) is 0 Å². The molecule has 0 fully saturated rings. The summed E-state index contributed by atoms with van der Waals surface area (Å²) in [5, 5.41) is 4.52. The van der Waals surface area contributed by atoms with Crippen molar-refractivity contribution < 1.29 is 4.42 Å². The van der Waals surface area contributed by atoms with Gasteiger partial charge in [-0.3, -0.25) is 0 Å². The number of furan rings is 1. The molecule has 0 aliphatic rings. The average molecular weight is 265 g/mol. The number of benzene rings is 2. The minimum absolute atomic E-state index is 0.0870. The molecule has 0 amide bonds. The quantitative estimate of drug-likeness (QED) is 0.761. The largest absolute Gasteiger partial charge is 0.459 e. The molecule has 0 aliphatic carbocycles. The van der Waals surface area contributed by atoms with Crippen molar-refractivity contribution in [3.63, 3.8) is 0 Å². The van der Waals surface area contributed by atoms with Crippen molar-refractivity contribution >= 4 is 11.0 Å². The fourth-order valence-corrected chi connectivity index (χ4v) is 2.69. The number of nitrogens with one attached hydrogen (secondary N) is 1. The maximum absolute atomic E-state index is 6.02. The molecule has 3 rings (SSSR count). The van der Waals surface area contributed by atoms with Crippen LogP contribution in [-0.4, -0.2) is 7.05 Å². The first-order valence-electron chi connectivity index (χ1n) is 6.92. The highest BCUT2D eigenvalue weighted by molar-refractivity contribution is 5.79. The summed E-state index contributed by atoms with van der Waals surface area (Å²) < 4.78 is 6.02. The number of aryl methyl sites for hydroxylation is 2. The van der Waals surface area contributed by atoms with Crippen LogP contribution in [0.1, 0.15) is 28.5 Å². The lowest BCUT2D eigenvalue weighted by Crippen LogP contribution is -2.17. The van der Waals surface area contributed by atoms with E-state index in [0.717, 1.165) is 16.7 Å². The maximum Gasteiger partial charge on any atom is 0.134 e. The van der Waals surface area contributed by atoms with Crippen molar-refractivity contribution in [2.24, 2.45) is 0 Å². The summed E-state index contributed by atoms with van der Waals surface area (Å²) in [6.45, 7) is 4.23. The Kier molecular flexibility index (Phi) is 3.33. The van der Waals surface area contributed by atoms with Crippen molar-refractivity contribution in [1.82, 2.24) is 5.32 Å². The Morgan fingerprint density at radius 2 is 1.80 bits per heavy atom. The number of hydrogen-bond donors (Lipinski definition) is 1. The lowest BCUT2D eigenvalue weighted by molar-refractivity contribution is 0.490. The minimum Gasteiger partial charge on any atom is -0.459 e. The highest BCUT2D eigenvalue weighted by Crippen LogP contribution is 2.30. The summed E-state index contributed by atoms with van der Waals surface area (Å²) in [6.07, 6.45) is 0. The second-order valence-corrected chi connectivity index (χ2v) is 5.27. The third-order valence-corrected chi connectivity index (χ3v) is 3.76. The molecule has 0 saturated heterocycles. The first-order chi connectivity index (χ1) is 9.69. The molecule has 2 aromatic carbocycles. The van der Waals surface area contributed by atoms with E-state index >= 15 is 0 Å². The number of hydrogen-bond acceptors (Lipinski definition) is 2. The van der Waals surface area contributed by atoms with E-state index in [1.54, 1.807) is 0 Å². The van der Waals surface area contributed by atoms with Crippen LogP contribution in [0.15, 0.2) is 52.9 Å². The van der Waals surface area contributed by atoms with Crippen LogP contribution in [0, 0.1) is 13.8 Å². The van der Waals surface area contributed by atoms with E-state index in [4.69, 9.17) is 4.42 Å². The van der Waals surface area contributed by atoms with Crippen LogP contribution >= 0.6 is 0 Å². The van der Waals surface area contributed by atoms with Crippen molar-refractivity contribution in [2.45, 2.75) is 19.9 Å². The van der Waals surface area contributed by atoms with Gasteiger partial charge in [0.25, 0.3) is 0 Å². The van der Waals surface area contributed by atoms with Gasteiger partial charge in [0.05, 0.1) is 6.04 Å². The van der Waals surface area contributed by atoms with Gasteiger partial charge in [0.15, 0.2) is 0 Å². The maximum atomic E-state index is 6.02. The molecule has 102 valence electrons. The van der Waals surface area contributed by atoms with E-state index in [0.29, 0.717) is 0 Å². The predicted molar refractivity (Wildman–Crippen MR) is 83.0 cm³/mol. The molecule has 0 radical (unpaired) electrons. The summed E-state index contributed by atoms with van der Waals surface area (Å²) in [7, 11) is 1.97. The Morgan fingerprint density at radius 3 is 2.55 bits per heavy atom. The smallest absolute Gasteiger partial charge is 0.134 e. The van der Waals surface area contributed by atoms with Crippen LogP contribution in [0.3, 0.4) is 0 Å². The summed E-state index contributed by atoms with van der Waals surface area (Å²) in [5.41, 5.74) is 4.72. The monoisotopic (exact) mass is 265 g/mol. The molecular formula is C18H19NO. The highest BCUT2D eigenvalue weighted by Gasteiger charge is 2.18. The highest BCUT2D eigenvalue weighted by atomic mass is 16.3. The van der Waals surface area contributed by atoms with Crippen LogP contribution in [0.25, 0.3) is 11.0 Å². The van der Waals surface area contributed by atoms with Gasteiger partial charge in [0.1, 0.15) is 11.3 Å². The van der Waals surface area contributed by atoms with Gasteiger partial charge in [-0.15, -0.1) is 0 Å². The Bertz CT molecular complexity index is 742. The molecule has 0 aliphatic heterocycles. The van der Waals surface area contributed by atoms with Gasteiger partial charge in [-0.1, -0.05) is 35.9 Å². The SMILES string of the molecule is CNC(c1cc2cc(C)ccc2o1)c1ccccc1C. The fraction of sp³-hybridized carbons (Fsp3) is 0.222. The average Bonchev–Trinajstić information content (AvgIpc) is 2.84. The molecule has 0 bridgehead atoms. The summed E-state index contributed by atoms with van der Waals surface area (Å²) in [6, 6.07) is 16.9. The molecule has 20 heavy (non-hydrogen) atoms. The van der Waals surface area contributed by atoms with E-state index in [1.807, 2.05) is 13.1 Å². The standard InChI is InChI=1S/C18H19NO/c1-12-8-9-16-14(10-12)11-17(20-16)18(19-3)15-7-5-4-6-13(15)2/h4-11,18-19H,1-3H3. The lowest BCUT2D eigenvalue weighted by Gasteiger charge is -2.16. The third-order valence-electron chi connectivity index (χ3n) is 3.76. The second-order valence-electron chi connectivity index (χ2n) is 5.27. The van der Waals surface area contributed by atoms with Gasteiger partial charge >= 0.3 is 0 Å². The molecule has 2 nitrogen and oxygen atoms in total. The van der Waals surface area contributed by atoms with Gasteiger partial charge in [-0.25, -0.2) is 0 Å². The Hall–Kier alpha value is -2.06.